The lowest BCUT2D eigenvalue weighted by Gasteiger charge is -2.23. The molecule has 1 aliphatic heterocycles. The molecule has 1 aromatic rings. The fourth-order valence-electron chi connectivity index (χ4n) is 2.49. The Bertz CT molecular complexity index is 528. The number of carbonyl (C=O) groups excluding carboxylic acids is 1. The van der Waals surface area contributed by atoms with Gasteiger partial charge in [-0.1, -0.05) is 6.42 Å². The van der Waals surface area contributed by atoms with Crippen molar-refractivity contribution in [3.05, 3.63) is 29.6 Å². The van der Waals surface area contributed by atoms with Crippen molar-refractivity contribution in [3.8, 4) is 0 Å². The number of piperidine rings is 1. The maximum absolute atomic E-state index is 13.1. The van der Waals surface area contributed by atoms with Crippen LogP contribution in [-0.2, 0) is 4.79 Å². The number of carbonyl (C=O) groups is 2. The van der Waals surface area contributed by atoms with Crippen LogP contribution in [-0.4, -0.2) is 29.6 Å². The van der Waals surface area contributed by atoms with Crippen molar-refractivity contribution >= 4 is 17.6 Å². The van der Waals surface area contributed by atoms with Gasteiger partial charge in [0.25, 0.3) is 0 Å². The van der Waals surface area contributed by atoms with Gasteiger partial charge in [-0.25, -0.2) is 9.18 Å². The van der Waals surface area contributed by atoms with Crippen molar-refractivity contribution in [2.75, 3.05) is 11.9 Å². The number of carboxylic acids is 1. The van der Waals surface area contributed by atoms with E-state index in [0.29, 0.717) is 12.5 Å². The standard InChI is InChI=1S/C15H19FN2O3/c16-10-4-6-13(12(9-10)15(20)21)18-14(19)7-5-11-3-1-2-8-17-11/h4,6,9,11,17H,1-3,5,7-8H2,(H,18,19)(H,20,21). The minimum absolute atomic E-state index is 0.130. The van der Waals surface area contributed by atoms with E-state index in [0.717, 1.165) is 31.5 Å². The van der Waals surface area contributed by atoms with Gasteiger partial charge >= 0.3 is 5.97 Å². The monoisotopic (exact) mass is 294 g/mol. The molecule has 5 nitrogen and oxygen atoms in total. The van der Waals surface area contributed by atoms with E-state index < -0.39 is 11.8 Å². The molecule has 0 radical (unpaired) electrons. The Morgan fingerprint density at radius 3 is 2.86 bits per heavy atom. The molecular formula is C15H19FN2O3. The van der Waals surface area contributed by atoms with Crippen LogP contribution in [0.3, 0.4) is 0 Å². The lowest BCUT2D eigenvalue weighted by Crippen LogP contribution is -2.34. The Hall–Kier alpha value is -1.95. The van der Waals surface area contributed by atoms with Crippen LogP contribution in [0.4, 0.5) is 10.1 Å². The second kappa shape index (κ2) is 7.17. The van der Waals surface area contributed by atoms with Gasteiger partial charge in [0.2, 0.25) is 5.91 Å². The summed E-state index contributed by atoms with van der Waals surface area (Å²) in [5, 5.41) is 14.9. The minimum atomic E-state index is -1.27. The van der Waals surface area contributed by atoms with E-state index in [2.05, 4.69) is 10.6 Å². The first-order valence-electron chi connectivity index (χ1n) is 7.12. The van der Waals surface area contributed by atoms with E-state index in [1.807, 2.05) is 0 Å². The van der Waals surface area contributed by atoms with E-state index in [1.54, 1.807) is 0 Å². The molecule has 1 fully saturated rings. The Morgan fingerprint density at radius 1 is 1.38 bits per heavy atom. The number of hydrogen-bond donors (Lipinski definition) is 3. The molecule has 0 bridgehead atoms. The number of halogens is 1. The number of carboxylic acid groups (broad SMARTS) is 1. The van der Waals surface area contributed by atoms with Crippen LogP contribution in [0, 0.1) is 5.82 Å². The van der Waals surface area contributed by atoms with Gasteiger partial charge in [0, 0.05) is 12.5 Å². The zero-order valence-corrected chi connectivity index (χ0v) is 11.7. The summed E-state index contributed by atoms with van der Waals surface area (Å²) in [6.07, 6.45) is 4.42. The van der Waals surface area contributed by atoms with Gasteiger partial charge in [0.05, 0.1) is 11.3 Å². The Morgan fingerprint density at radius 2 is 2.19 bits per heavy atom. The maximum Gasteiger partial charge on any atom is 0.337 e. The molecule has 1 unspecified atom stereocenters. The van der Waals surface area contributed by atoms with Gasteiger partial charge in [-0.15, -0.1) is 0 Å². The molecule has 2 rings (SSSR count). The lowest BCUT2D eigenvalue weighted by atomic mass is 10.0. The highest BCUT2D eigenvalue weighted by Gasteiger charge is 2.16. The molecule has 1 aliphatic rings. The molecule has 1 atom stereocenters. The summed E-state index contributed by atoms with van der Waals surface area (Å²) in [4.78, 5) is 22.9. The average molecular weight is 294 g/mol. The van der Waals surface area contributed by atoms with Crippen molar-refractivity contribution in [1.29, 1.82) is 0 Å². The number of rotatable bonds is 5. The van der Waals surface area contributed by atoms with Crippen LogP contribution < -0.4 is 10.6 Å². The smallest absolute Gasteiger partial charge is 0.337 e. The SMILES string of the molecule is O=C(CCC1CCCCN1)Nc1ccc(F)cc1C(=O)O. The predicted octanol–water partition coefficient (Wildman–Crippen LogP) is 2.38. The Kier molecular flexibility index (Phi) is 5.27. The molecule has 0 saturated carbocycles. The predicted molar refractivity (Wildman–Crippen MR) is 76.9 cm³/mol. The first-order valence-corrected chi connectivity index (χ1v) is 7.12. The van der Waals surface area contributed by atoms with Crippen LogP contribution in [0.15, 0.2) is 18.2 Å². The first-order chi connectivity index (χ1) is 10.1. The van der Waals surface area contributed by atoms with E-state index in [-0.39, 0.29) is 17.2 Å². The maximum atomic E-state index is 13.1. The summed E-state index contributed by atoms with van der Waals surface area (Å²) in [7, 11) is 0. The van der Waals surface area contributed by atoms with Gasteiger partial charge in [-0.3, -0.25) is 4.79 Å². The van der Waals surface area contributed by atoms with Crippen LogP contribution in [0.25, 0.3) is 0 Å². The quantitative estimate of drug-likeness (QED) is 0.779. The van der Waals surface area contributed by atoms with Gasteiger partial charge in [-0.2, -0.15) is 0 Å². The van der Waals surface area contributed by atoms with Crippen molar-refractivity contribution < 1.29 is 19.1 Å². The molecule has 1 aromatic carbocycles. The van der Waals surface area contributed by atoms with E-state index in [4.69, 9.17) is 5.11 Å². The molecular weight excluding hydrogens is 275 g/mol. The van der Waals surface area contributed by atoms with E-state index in [1.165, 1.54) is 18.9 Å². The zero-order chi connectivity index (χ0) is 15.2. The van der Waals surface area contributed by atoms with Crippen LogP contribution in [0.1, 0.15) is 42.5 Å². The number of benzene rings is 1. The molecule has 0 spiro atoms. The normalized spacial score (nSPS) is 18.2. The fraction of sp³-hybridized carbons (Fsp3) is 0.467. The molecule has 0 aromatic heterocycles. The second-order valence-electron chi connectivity index (χ2n) is 5.23. The third kappa shape index (κ3) is 4.53. The molecule has 114 valence electrons. The highest BCUT2D eigenvalue weighted by Crippen LogP contribution is 2.18. The minimum Gasteiger partial charge on any atom is -0.478 e. The number of aromatic carboxylic acids is 1. The highest BCUT2D eigenvalue weighted by molar-refractivity contribution is 6.00. The van der Waals surface area contributed by atoms with Gasteiger partial charge in [0.1, 0.15) is 5.82 Å². The first kappa shape index (κ1) is 15.4. The number of hydrogen-bond acceptors (Lipinski definition) is 3. The van der Waals surface area contributed by atoms with Gasteiger partial charge in [-0.05, 0) is 44.0 Å². The number of anilines is 1. The average Bonchev–Trinajstić information content (AvgIpc) is 2.48. The summed E-state index contributed by atoms with van der Waals surface area (Å²) in [6, 6.07) is 3.65. The largest absolute Gasteiger partial charge is 0.478 e. The summed E-state index contributed by atoms with van der Waals surface area (Å²) in [5.74, 6) is -2.16. The molecule has 6 heteroatoms. The van der Waals surface area contributed by atoms with Gasteiger partial charge < -0.3 is 15.7 Å². The van der Waals surface area contributed by atoms with Crippen molar-refractivity contribution in [1.82, 2.24) is 5.32 Å². The van der Waals surface area contributed by atoms with Crippen LogP contribution in [0.2, 0.25) is 0 Å². The van der Waals surface area contributed by atoms with Crippen LogP contribution in [0.5, 0.6) is 0 Å². The third-order valence-electron chi connectivity index (χ3n) is 3.62. The van der Waals surface area contributed by atoms with Gasteiger partial charge in [0.15, 0.2) is 0 Å². The highest BCUT2D eigenvalue weighted by atomic mass is 19.1. The lowest BCUT2D eigenvalue weighted by molar-refractivity contribution is -0.116. The third-order valence-corrected chi connectivity index (χ3v) is 3.62. The Balaban J connectivity index is 1.91. The van der Waals surface area contributed by atoms with Crippen molar-refractivity contribution in [3.63, 3.8) is 0 Å². The van der Waals surface area contributed by atoms with E-state index in [9.17, 15) is 14.0 Å². The molecule has 1 heterocycles. The fourth-order valence-corrected chi connectivity index (χ4v) is 2.49. The molecule has 1 amide bonds. The summed E-state index contributed by atoms with van der Waals surface area (Å²) in [5.41, 5.74) is -0.107. The molecule has 21 heavy (non-hydrogen) atoms. The molecule has 3 N–H and O–H groups in total. The summed E-state index contributed by atoms with van der Waals surface area (Å²) >= 11 is 0. The summed E-state index contributed by atoms with van der Waals surface area (Å²) < 4.78 is 13.1. The topological polar surface area (TPSA) is 78.4 Å². The van der Waals surface area contributed by atoms with E-state index >= 15 is 0 Å². The number of nitrogens with one attached hydrogen (secondary N) is 2. The van der Waals surface area contributed by atoms with Crippen molar-refractivity contribution in [2.24, 2.45) is 0 Å². The Labute approximate surface area is 122 Å². The van der Waals surface area contributed by atoms with Crippen molar-refractivity contribution in [2.45, 2.75) is 38.1 Å². The second-order valence-corrected chi connectivity index (χ2v) is 5.23. The van der Waals surface area contributed by atoms with Crippen LogP contribution >= 0.6 is 0 Å². The molecule has 1 saturated heterocycles. The summed E-state index contributed by atoms with van der Waals surface area (Å²) in [6.45, 7) is 0.980. The zero-order valence-electron chi connectivity index (χ0n) is 11.7. The molecule has 0 aliphatic carbocycles. The number of amides is 1.